The van der Waals surface area contributed by atoms with E-state index in [1.165, 1.54) is 30.5 Å². The van der Waals surface area contributed by atoms with Crippen LogP contribution in [0.5, 0.6) is 0 Å². The van der Waals surface area contributed by atoms with Crippen LogP contribution in [0.4, 0.5) is 5.69 Å². The molecule has 1 aromatic heterocycles. The highest BCUT2D eigenvalue weighted by atomic mass is 32.2. The SMILES string of the molecule is O=C(O)CSc1cc[n+]([O-])c2ccc([N+](=O)[O-])cc12. The number of pyridine rings is 1. The quantitative estimate of drug-likeness (QED) is 0.299. The molecule has 0 aliphatic heterocycles. The van der Waals surface area contributed by atoms with Crippen molar-refractivity contribution in [2.24, 2.45) is 0 Å². The summed E-state index contributed by atoms with van der Waals surface area (Å²) < 4.78 is 0.587. The van der Waals surface area contributed by atoms with Crippen LogP contribution in [-0.4, -0.2) is 21.8 Å². The van der Waals surface area contributed by atoms with Crippen molar-refractivity contribution in [1.82, 2.24) is 0 Å². The monoisotopic (exact) mass is 280 g/mol. The zero-order chi connectivity index (χ0) is 14.0. The van der Waals surface area contributed by atoms with Crippen molar-refractivity contribution >= 4 is 34.3 Å². The van der Waals surface area contributed by atoms with Gasteiger partial charge in [0.1, 0.15) is 0 Å². The van der Waals surface area contributed by atoms with Gasteiger partial charge in [0.2, 0.25) is 5.52 Å². The van der Waals surface area contributed by atoms with E-state index in [9.17, 15) is 20.1 Å². The average molecular weight is 280 g/mol. The van der Waals surface area contributed by atoms with E-state index in [1.807, 2.05) is 0 Å². The van der Waals surface area contributed by atoms with Gasteiger partial charge in [0.05, 0.1) is 16.1 Å². The molecule has 0 atom stereocenters. The second-order valence-electron chi connectivity index (χ2n) is 3.65. The molecule has 19 heavy (non-hydrogen) atoms. The molecular weight excluding hydrogens is 272 g/mol. The summed E-state index contributed by atoms with van der Waals surface area (Å²) in [4.78, 5) is 21.2. The van der Waals surface area contributed by atoms with Crippen molar-refractivity contribution in [3.8, 4) is 0 Å². The Labute approximate surface area is 111 Å². The van der Waals surface area contributed by atoms with Crippen LogP contribution in [0, 0.1) is 15.3 Å². The molecule has 0 amide bonds. The number of nitro groups is 1. The fourth-order valence-corrected chi connectivity index (χ4v) is 2.35. The summed E-state index contributed by atoms with van der Waals surface area (Å²) in [5, 5.41) is 31.3. The summed E-state index contributed by atoms with van der Waals surface area (Å²) in [5.41, 5.74) is 0.122. The predicted octanol–water partition coefficient (Wildman–Crippen LogP) is 1.56. The summed E-state index contributed by atoms with van der Waals surface area (Å²) in [6.45, 7) is 0. The summed E-state index contributed by atoms with van der Waals surface area (Å²) in [6.07, 6.45) is 1.25. The van der Waals surface area contributed by atoms with Crippen molar-refractivity contribution in [2.45, 2.75) is 4.90 Å². The van der Waals surface area contributed by atoms with Crippen molar-refractivity contribution in [1.29, 1.82) is 0 Å². The molecule has 7 nitrogen and oxygen atoms in total. The van der Waals surface area contributed by atoms with E-state index in [0.717, 1.165) is 11.8 Å². The second kappa shape index (κ2) is 5.11. The minimum Gasteiger partial charge on any atom is -0.618 e. The largest absolute Gasteiger partial charge is 0.618 e. The molecule has 0 unspecified atom stereocenters. The fraction of sp³-hybridized carbons (Fsp3) is 0.0909. The molecule has 98 valence electrons. The van der Waals surface area contributed by atoms with Crippen molar-refractivity contribution in [3.05, 3.63) is 45.8 Å². The van der Waals surface area contributed by atoms with Crippen molar-refractivity contribution in [3.63, 3.8) is 0 Å². The number of non-ortho nitro benzene ring substituents is 1. The lowest BCUT2D eigenvalue weighted by Gasteiger charge is -2.05. The molecule has 0 fully saturated rings. The van der Waals surface area contributed by atoms with Gasteiger partial charge in [-0.1, -0.05) is 0 Å². The van der Waals surface area contributed by atoms with Gasteiger partial charge in [-0.2, -0.15) is 4.73 Å². The maximum atomic E-state index is 11.6. The van der Waals surface area contributed by atoms with Gasteiger partial charge >= 0.3 is 5.97 Å². The Balaban J connectivity index is 2.56. The Bertz CT molecular complexity index is 673. The van der Waals surface area contributed by atoms with Crippen LogP contribution in [0.2, 0.25) is 0 Å². The molecule has 1 heterocycles. The first-order chi connectivity index (χ1) is 8.99. The summed E-state index contributed by atoms with van der Waals surface area (Å²) in [5.74, 6) is -1.18. The third-order valence-corrected chi connectivity index (χ3v) is 3.46. The molecule has 0 spiro atoms. The summed E-state index contributed by atoms with van der Waals surface area (Å²) in [6, 6.07) is 5.31. The van der Waals surface area contributed by atoms with Gasteiger partial charge in [-0.3, -0.25) is 14.9 Å². The van der Waals surface area contributed by atoms with Gasteiger partial charge in [0.15, 0.2) is 6.20 Å². The Morgan fingerprint density at radius 1 is 1.42 bits per heavy atom. The zero-order valence-electron chi connectivity index (χ0n) is 9.48. The Morgan fingerprint density at radius 3 is 2.79 bits per heavy atom. The van der Waals surface area contributed by atoms with Crippen LogP contribution in [0.15, 0.2) is 35.4 Å². The second-order valence-corrected chi connectivity index (χ2v) is 4.66. The van der Waals surface area contributed by atoms with Crippen LogP contribution in [-0.2, 0) is 4.79 Å². The maximum absolute atomic E-state index is 11.6. The lowest BCUT2D eigenvalue weighted by molar-refractivity contribution is -0.577. The number of nitro benzene ring substituents is 1. The minimum atomic E-state index is -0.998. The first-order valence-electron chi connectivity index (χ1n) is 5.14. The molecule has 0 aliphatic rings. The number of thioether (sulfide) groups is 1. The number of fused-ring (bicyclic) bond motifs is 1. The Hall–Kier alpha value is -2.35. The predicted molar refractivity (Wildman–Crippen MR) is 67.9 cm³/mol. The third-order valence-electron chi connectivity index (χ3n) is 2.41. The normalized spacial score (nSPS) is 10.5. The summed E-state index contributed by atoms with van der Waals surface area (Å²) in [7, 11) is 0. The summed E-state index contributed by atoms with van der Waals surface area (Å²) >= 11 is 1.01. The number of hydrogen-bond acceptors (Lipinski definition) is 5. The maximum Gasteiger partial charge on any atom is 0.313 e. The van der Waals surface area contributed by atoms with E-state index in [4.69, 9.17) is 5.11 Å². The molecular formula is C11H8N2O5S. The molecule has 0 bridgehead atoms. The van der Waals surface area contributed by atoms with Crippen LogP contribution in [0.3, 0.4) is 0 Å². The van der Waals surface area contributed by atoms with Gasteiger partial charge in [-0.05, 0) is 0 Å². The van der Waals surface area contributed by atoms with Gasteiger partial charge in [0.25, 0.3) is 5.69 Å². The molecule has 0 radical (unpaired) electrons. The van der Waals surface area contributed by atoms with Gasteiger partial charge in [-0.25, -0.2) is 0 Å². The Kier molecular flexibility index (Phi) is 3.52. The van der Waals surface area contributed by atoms with E-state index in [-0.39, 0.29) is 17.0 Å². The topological polar surface area (TPSA) is 107 Å². The van der Waals surface area contributed by atoms with Crippen LogP contribution < -0.4 is 4.73 Å². The lowest BCUT2D eigenvalue weighted by atomic mass is 10.2. The van der Waals surface area contributed by atoms with Gasteiger partial charge in [0, 0.05) is 29.2 Å². The number of aromatic nitrogens is 1. The first-order valence-corrected chi connectivity index (χ1v) is 6.12. The molecule has 0 aliphatic carbocycles. The molecule has 2 rings (SSSR count). The number of rotatable bonds is 4. The molecule has 8 heteroatoms. The number of aliphatic carboxylic acids is 1. The standard InChI is InChI=1S/C11H8N2O5S/c14-11(15)6-19-10-3-4-12(16)9-2-1-7(13(17)18)5-8(9)10/h1-5H,6H2,(H,14,15). The number of hydrogen-bond donors (Lipinski definition) is 1. The highest BCUT2D eigenvalue weighted by Gasteiger charge is 2.15. The van der Waals surface area contributed by atoms with Crippen molar-refractivity contribution in [2.75, 3.05) is 5.75 Å². The van der Waals surface area contributed by atoms with E-state index in [2.05, 4.69) is 0 Å². The number of nitrogens with zero attached hydrogens (tertiary/aromatic N) is 2. The molecule has 1 N–H and O–H groups in total. The van der Waals surface area contributed by atoms with Crippen molar-refractivity contribution < 1.29 is 19.6 Å². The van der Waals surface area contributed by atoms with Gasteiger partial charge in [-0.15, -0.1) is 11.8 Å². The highest BCUT2D eigenvalue weighted by Crippen LogP contribution is 2.28. The van der Waals surface area contributed by atoms with E-state index < -0.39 is 10.9 Å². The molecule has 0 saturated heterocycles. The fourth-order valence-electron chi connectivity index (χ4n) is 1.60. The lowest BCUT2D eigenvalue weighted by Crippen LogP contribution is -2.26. The van der Waals surface area contributed by atoms with E-state index >= 15 is 0 Å². The number of carboxylic acids is 1. The van der Waals surface area contributed by atoms with Gasteiger partial charge < -0.3 is 10.3 Å². The van der Waals surface area contributed by atoms with E-state index in [0.29, 0.717) is 15.0 Å². The van der Waals surface area contributed by atoms with Crippen LogP contribution in [0.1, 0.15) is 0 Å². The van der Waals surface area contributed by atoms with Crippen LogP contribution >= 0.6 is 11.8 Å². The smallest absolute Gasteiger partial charge is 0.313 e. The first kappa shape index (κ1) is 13.1. The third kappa shape index (κ3) is 2.74. The highest BCUT2D eigenvalue weighted by molar-refractivity contribution is 8.00. The molecule has 2 aromatic rings. The van der Waals surface area contributed by atoms with Crippen LogP contribution in [0.25, 0.3) is 10.9 Å². The molecule has 0 saturated carbocycles. The number of carboxylic acid groups (broad SMARTS) is 1. The minimum absolute atomic E-state index is 0.143. The van der Waals surface area contributed by atoms with E-state index in [1.54, 1.807) is 0 Å². The zero-order valence-corrected chi connectivity index (χ0v) is 10.3. The molecule has 1 aromatic carbocycles. The number of carbonyl (C=O) groups is 1. The number of benzene rings is 1. The average Bonchev–Trinajstić information content (AvgIpc) is 2.37. The Morgan fingerprint density at radius 2 is 2.16 bits per heavy atom.